The van der Waals surface area contributed by atoms with Crippen LogP contribution in [0.3, 0.4) is 0 Å². The summed E-state index contributed by atoms with van der Waals surface area (Å²) < 4.78 is 39.7. The summed E-state index contributed by atoms with van der Waals surface area (Å²) in [5.74, 6) is -0.949. The average molecular weight is 426 g/mol. The SMILES string of the molecule is O=C(CC1CCC(=O)N(Cc2ccccc2C(F)(F)F)C1)c1cc(Cl)ccc1O. The molecule has 0 aliphatic carbocycles. The minimum Gasteiger partial charge on any atom is -0.507 e. The third-order valence-electron chi connectivity index (χ3n) is 5.01. The highest BCUT2D eigenvalue weighted by atomic mass is 35.5. The number of piperidine rings is 1. The first-order valence-corrected chi connectivity index (χ1v) is 9.47. The molecule has 2 aromatic carbocycles. The fourth-order valence-electron chi connectivity index (χ4n) is 3.55. The predicted octanol–water partition coefficient (Wildman–Crippen LogP) is 5.08. The first kappa shape index (κ1) is 21.2. The lowest BCUT2D eigenvalue weighted by molar-refractivity contribution is -0.141. The van der Waals surface area contributed by atoms with Crippen molar-refractivity contribution in [1.29, 1.82) is 0 Å². The summed E-state index contributed by atoms with van der Waals surface area (Å²) in [6, 6.07) is 9.34. The van der Waals surface area contributed by atoms with Crippen molar-refractivity contribution in [2.75, 3.05) is 6.54 Å². The second-order valence-corrected chi connectivity index (χ2v) is 7.56. The van der Waals surface area contributed by atoms with Gasteiger partial charge in [-0.25, -0.2) is 0 Å². The molecule has 1 amide bonds. The summed E-state index contributed by atoms with van der Waals surface area (Å²) in [4.78, 5) is 26.2. The van der Waals surface area contributed by atoms with Crippen LogP contribution in [-0.2, 0) is 17.5 Å². The molecule has 1 saturated heterocycles. The van der Waals surface area contributed by atoms with E-state index in [2.05, 4.69) is 0 Å². The second kappa shape index (κ2) is 8.45. The smallest absolute Gasteiger partial charge is 0.416 e. The van der Waals surface area contributed by atoms with Crippen LogP contribution in [0.4, 0.5) is 13.2 Å². The number of carbonyl (C=O) groups excluding carboxylic acids is 2. The van der Waals surface area contributed by atoms with Crippen LogP contribution in [0.25, 0.3) is 0 Å². The number of halogens is 4. The number of phenols is 1. The molecule has 0 bridgehead atoms. The van der Waals surface area contributed by atoms with E-state index in [0.29, 0.717) is 11.4 Å². The highest BCUT2D eigenvalue weighted by Gasteiger charge is 2.35. The van der Waals surface area contributed by atoms with Crippen molar-refractivity contribution >= 4 is 23.3 Å². The third-order valence-corrected chi connectivity index (χ3v) is 5.25. The van der Waals surface area contributed by atoms with Crippen LogP contribution in [0.2, 0.25) is 5.02 Å². The van der Waals surface area contributed by atoms with E-state index in [4.69, 9.17) is 11.6 Å². The van der Waals surface area contributed by atoms with Crippen LogP contribution in [0.15, 0.2) is 42.5 Å². The molecule has 1 atom stereocenters. The number of alkyl halides is 3. The number of Topliss-reactive ketones (excluding diaryl/α,β-unsaturated/α-hetero) is 1. The van der Waals surface area contributed by atoms with Crippen molar-refractivity contribution in [3.63, 3.8) is 0 Å². The summed E-state index contributed by atoms with van der Waals surface area (Å²) in [6.07, 6.45) is -3.82. The van der Waals surface area contributed by atoms with Crippen LogP contribution in [0, 0.1) is 5.92 Å². The topological polar surface area (TPSA) is 57.6 Å². The van der Waals surface area contributed by atoms with Gasteiger partial charge in [-0.3, -0.25) is 9.59 Å². The molecule has 3 rings (SSSR count). The standard InChI is InChI=1S/C21H19ClF3NO3/c22-15-6-7-18(27)16(10-15)19(28)9-13-5-8-20(29)26(11-13)12-14-3-1-2-4-17(14)21(23,24)25/h1-4,6-7,10,13,27H,5,8-9,11-12H2. The molecule has 2 aromatic rings. The van der Waals surface area contributed by atoms with Gasteiger partial charge in [0.2, 0.25) is 5.91 Å². The van der Waals surface area contributed by atoms with E-state index in [1.54, 1.807) is 0 Å². The highest BCUT2D eigenvalue weighted by Crippen LogP contribution is 2.33. The highest BCUT2D eigenvalue weighted by molar-refractivity contribution is 6.31. The Kier molecular flexibility index (Phi) is 6.17. The van der Waals surface area contributed by atoms with Gasteiger partial charge in [0.15, 0.2) is 5.78 Å². The predicted molar refractivity (Wildman–Crippen MR) is 102 cm³/mol. The number of phenolic OH excluding ortho intramolecular Hbond substituents is 1. The molecule has 29 heavy (non-hydrogen) atoms. The molecular weight excluding hydrogens is 407 g/mol. The maximum Gasteiger partial charge on any atom is 0.416 e. The van der Waals surface area contributed by atoms with E-state index in [1.165, 1.54) is 41.3 Å². The van der Waals surface area contributed by atoms with Crippen LogP contribution in [0.5, 0.6) is 5.75 Å². The van der Waals surface area contributed by atoms with Gasteiger partial charge in [-0.2, -0.15) is 13.2 Å². The molecule has 1 heterocycles. The van der Waals surface area contributed by atoms with Crippen molar-refractivity contribution < 1.29 is 27.9 Å². The monoisotopic (exact) mass is 425 g/mol. The van der Waals surface area contributed by atoms with Crippen molar-refractivity contribution in [2.24, 2.45) is 5.92 Å². The van der Waals surface area contributed by atoms with Gasteiger partial charge < -0.3 is 10.0 Å². The van der Waals surface area contributed by atoms with Crippen molar-refractivity contribution in [3.05, 3.63) is 64.2 Å². The number of rotatable bonds is 5. The maximum atomic E-state index is 13.2. The van der Waals surface area contributed by atoms with E-state index in [9.17, 15) is 27.9 Å². The quantitative estimate of drug-likeness (QED) is 0.680. The fourth-order valence-corrected chi connectivity index (χ4v) is 3.73. The van der Waals surface area contributed by atoms with Crippen LogP contribution >= 0.6 is 11.6 Å². The zero-order chi connectivity index (χ0) is 21.2. The van der Waals surface area contributed by atoms with Gasteiger partial charge in [-0.15, -0.1) is 0 Å². The lowest BCUT2D eigenvalue weighted by Crippen LogP contribution is -2.40. The Morgan fingerprint density at radius 2 is 1.93 bits per heavy atom. The number of likely N-dealkylation sites (tertiary alicyclic amines) is 1. The number of aromatic hydroxyl groups is 1. The summed E-state index contributed by atoms with van der Waals surface area (Å²) in [7, 11) is 0. The molecule has 0 aromatic heterocycles. The van der Waals surface area contributed by atoms with Crippen LogP contribution in [0.1, 0.15) is 40.7 Å². The molecule has 1 N–H and O–H groups in total. The Bertz CT molecular complexity index is 930. The number of hydrogen-bond acceptors (Lipinski definition) is 3. The molecule has 0 saturated carbocycles. The van der Waals surface area contributed by atoms with E-state index < -0.39 is 11.7 Å². The Morgan fingerprint density at radius 1 is 1.21 bits per heavy atom. The zero-order valence-electron chi connectivity index (χ0n) is 15.4. The van der Waals surface area contributed by atoms with E-state index in [1.807, 2.05) is 0 Å². The maximum absolute atomic E-state index is 13.2. The molecule has 1 aliphatic rings. The van der Waals surface area contributed by atoms with Crippen molar-refractivity contribution in [2.45, 2.75) is 32.0 Å². The summed E-state index contributed by atoms with van der Waals surface area (Å²) in [5, 5.41) is 10.2. The number of ketones is 1. The summed E-state index contributed by atoms with van der Waals surface area (Å²) >= 11 is 5.88. The van der Waals surface area contributed by atoms with Gasteiger partial charge in [0.05, 0.1) is 11.1 Å². The van der Waals surface area contributed by atoms with Gasteiger partial charge in [-0.1, -0.05) is 29.8 Å². The molecule has 1 fully saturated rings. The average Bonchev–Trinajstić information content (AvgIpc) is 2.66. The molecule has 0 spiro atoms. The minimum absolute atomic E-state index is 0.0211. The second-order valence-electron chi connectivity index (χ2n) is 7.12. The number of hydrogen-bond donors (Lipinski definition) is 1. The lowest BCUT2D eigenvalue weighted by atomic mass is 9.90. The summed E-state index contributed by atoms with van der Waals surface area (Å²) in [6.45, 7) is 0.0136. The van der Waals surface area contributed by atoms with E-state index in [-0.39, 0.29) is 60.4 Å². The first-order valence-electron chi connectivity index (χ1n) is 9.09. The number of amides is 1. The Labute approximate surface area is 170 Å². The molecule has 1 aliphatic heterocycles. The van der Waals surface area contributed by atoms with E-state index >= 15 is 0 Å². The Balaban J connectivity index is 1.72. The van der Waals surface area contributed by atoms with Crippen LogP contribution in [-0.4, -0.2) is 28.2 Å². The van der Waals surface area contributed by atoms with Gasteiger partial charge in [-0.05, 0) is 42.2 Å². The molecule has 4 nitrogen and oxygen atoms in total. The number of benzene rings is 2. The van der Waals surface area contributed by atoms with Crippen molar-refractivity contribution in [3.8, 4) is 5.75 Å². The first-order chi connectivity index (χ1) is 13.6. The van der Waals surface area contributed by atoms with Gasteiger partial charge in [0.1, 0.15) is 5.75 Å². The molecule has 1 unspecified atom stereocenters. The summed E-state index contributed by atoms with van der Waals surface area (Å²) in [5.41, 5.74) is -0.647. The minimum atomic E-state index is -4.51. The van der Waals surface area contributed by atoms with Gasteiger partial charge >= 0.3 is 6.18 Å². The Morgan fingerprint density at radius 3 is 2.66 bits per heavy atom. The molecule has 0 radical (unpaired) electrons. The largest absolute Gasteiger partial charge is 0.507 e. The fraction of sp³-hybridized carbons (Fsp3) is 0.333. The third kappa shape index (κ3) is 5.09. The van der Waals surface area contributed by atoms with Crippen LogP contribution < -0.4 is 0 Å². The zero-order valence-corrected chi connectivity index (χ0v) is 16.1. The van der Waals surface area contributed by atoms with E-state index in [0.717, 1.165) is 6.07 Å². The Hall–Kier alpha value is -2.54. The number of carbonyl (C=O) groups is 2. The molecule has 154 valence electrons. The molecule has 8 heteroatoms. The van der Waals surface area contributed by atoms with Gasteiger partial charge in [0, 0.05) is 31.0 Å². The lowest BCUT2D eigenvalue weighted by Gasteiger charge is -2.33. The van der Waals surface area contributed by atoms with Crippen molar-refractivity contribution in [1.82, 2.24) is 4.90 Å². The number of nitrogens with zero attached hydrogens (tertiary/aromatic N) is 1. The van der Waals surface area contributed by atoms with Gasteiger partial charge in [0.25, 0.3) is 0 Å². The normalized spacial score (nSPS) is 17.4. The molecular formula is C21H19ClF3NO3.